The maximum atomic E-state index is 10.7. The molecular formula is C10H13BrN2O4. The first-order valence-electron chi connectivity index (χ1n) is 4.96. The topological polar surface area (TPSA) is 95.6 Å². The molecule has 0 heterocycles. The average Bonchev–Trinajstić information content (AvgIpc) is 2.32. The molecule has 0 saturated carbocycles. The van der Waals surface area contributed by atoms with Crippen LogP contribution in [0.1, 0.15) is 5.56 Å². The third-order valence-electron chi connectivity index (χ3n) is 2.24. The molecular weight excluding hydrogens is 292 g/mol. The van der Waals surface area contributed by atoms with Gasteiger partial charge in [-0.1, -0.05) is 6.07 Å². The molecule has 6 nitrogen and oxygen atoms in total. The summed E-state index contributed by atoms with van der Waals surface area (Å²) in [5.74, 6) is 0. The van der Waals surface area contributed by atoms with Crippen molar-refractivity contribution in [1.82, 2.24) is 5.32 Å². The predicted octanol–water partition coefficient (Wildman–Crippen LogP) is 0.800. The minimum atomic E-state index is -0.469. The second-order valence-corrected chi connectivity index (χ2v) is 4.34. The van der Waals surface area contributed by atoms with Crippen LogP contribution in [-0.2, 0) is 6.54 Å². The van der Waals surface area contributed by atoms with Crippen LogP contribution in [0.3, 0.4) is 0 Å². The Kier molecular flexibility index (Phi) is 5.49. The monoisotopic (exact) mass is 304 g/mol. The lowest BCUT2D eigenvalue weighted by atomic mass is 10.2. The van der Waals surface area contributed by atoms with Gasteiger partial charge in [0.15, 0.2) is 0 Å². The van der Waals surface area contributed by atoms with E-state index < -0.39 is 11.0 Å². The molecule has 7 heteroatoms. The van der Waals surface area contributed by atoms with E-state index >= 15 is 0 Å². The number of nitro benzene ring substituents is 1. The molecule has 1 aromatic carbocycles. The third-order valence-corrected chi connectivity index (χ3v) is 2.91. The summed E-state index contributed by atoms with van der Waals surface area (Å²) in [5, 5.41) is 31.3. The molecule has 1 aromatic rings. The first-order valence-corrected chi connectivity index (χ1v) is 5.75. The molecule has 0 amide bonds. The standard InChI is InChI=1S/C10H13BrN2O4/c11-9-2-1-7(3-10(9)13(16)17)4-12-8(5-14)6-15/h1-3,8,12,14-15H,4-6H2. The van der Waals surface area contributed by atoms with Crippen molar-refractivity contribution in [1.29, 1.82) is 0 Å². The number of hydrogen-bond donors (Lipinski definition) is 3. The van der Waals surface area contributed by atoms with E-state index in [1.165, 1.54) is 6.07 Å². The van der Waals surface area contributed by atoms with Crippen LogP contribution < -0.4 is 5.32 Å². The molecule has 17 heavy (non-hydrogen) atoms. The van der Waals surface area contributed by atoms with Crippen molar-refractivity contribution in [2.45, 2.75) is 12.6 Å². The molecule has 0 aliphatic carbocycles. The van der Waals surface area contributed by atoms with E-state index in [0.29, 0.717) is 16.6 Å². The average molecular weight is 305 g/mol. The summed E-state index contributed by atoms with van der Waals surface area (Å²) in [6.07, 6.45) is 0. The molecule has 0 bridgehead atoms. The summed E-state index contributed by atoms with van der Waals surface area (Å²) in [4.78, 5) is 10.2. The molecule has 0 spiro atoms. The molecule has 0 aromatic heterocycles. The normalized spacial score (nSPS) is 10.8. The highest BCUT2D eigenvalue weighted by atomic mass is 79.9. The Hall–Kier alpha value is -1.02. The van der Waals surface area contributed by atoms with Crippen molar-refractivity contribution in [2.24, 2.45) is 0 Å². The van der Waals surface area contributed by atoms with Gasteiger partial charge in [0.05, 0.1) is 28.7 Å². The molecule has 3 N–H and O–H groups in total. The van der Waals surface area contributed by atoms with Gasteiger partial charge in [0.1, 0.15) is 0 Å². The van der Waals surface area contributed by atoms with Crippen LogP contribution in [0.2, 0.25) is 0 Å². The van der Waals surface area contributed by atoms with E-state index in [1.54, 1.807) is 12.1 Å². The highest BCUT2D eigenvalue weighted by Gasteiger charge is 2.12. The number of hydrogen-bond acceptors (Lipinski definition) is 5. The van der Waals surface area contributed by atoms with E-state index in [1.807, 2.05) is 0 Å². The second-order valence-electron chi connectivity index (χ2n) is 3.49. The van der Waals surface area contributed by atoms with E-state index in [9.17, 15) is 10.1 Å². The zero-order valence-corrected chi connectivity index (χ0v) is 10.6. The van der Waals surface area contributed by atoms with Gasteiger partial charge in [-0.2, -0.15) is 0 Å². The van der Waals surface area contributed by atoms with E-state index in [4.69, 9.17) is 10.2 Å². The quantitative estimate of drug-likeness (QED) is 0.534. The van der Waals surface area contributed by atoms with E-state index in [0.717, 1.165) is 0 Å². The van der Waals surface area contributed by atoms with Crippen molar-refractivity contribution in [3.63, 3.8) is 0 Å². The molecule has 0 saturated heterocycles. The molecule has 0 unspecified atom stereocenters. The van der Waals surface area contributed by atoms with Crippen LogP contribution in [-0.4, -0.2) is 34.4 Å². The maximum absolute atomic E-state index is 10.7. The summed E-state index contributed by atoms with van der Waals surface area (Å²) in [6, 6.07) is 4.36. The van der Waals surface area contributed by atoms with Crippen molar-refractivity contribution < 1.29 is 15.1 Å². The lowest BCUT2D eigenvalue weighted by Crippen LogP contribution is -2.35. The predicted molar refractivity (Wildman–Crippen MR) is 65.6 cm³/mol. The van der Waals surface area contributed by atoms with Crippen LogP contribution in [0, 0.1) is 10.1 Å². The smallest absolute Gasteiger partial charge is 0.283 e. The second kappa shape index (κ2) is 6.65. The van der Waals surface area contributed by atoms with E-state index in [2.05, 4.69) is 21.2 Å². The van der Waals surface area contributed by atoms with Crippen molar-refractivity contribution in [3.05, 3.63) is 38.3 Å². The van der Waals surface area contributed by atoms with Crippen LogP contribution in [0.25, 0.3) is 0 Å². The molecule has 94 valence electrons. The van der Waals surface area contributed by atoms with Crippen LogP contribution in [0.5, 0.6) is 0 Å². The Labute approximate surface area is 107 Å². The summed E-state index contributed by atoms with van der Waals surface area (Å²) in [7, 11) is 0. The van der Waals surface area contributed by atoms with E-state index in [-0.39, 0.29) is 18.9 Å². The Morgan fingerprint density at radius 3 is 2.59 bits per heavy atom. The molecule has 0 aliphatic heterocycles. The summed E-state index contributed by atoms with van der Waals surface area (Å²) < 4.78 is 0.423. The lowest BCUT2D eigenvalue weighted by molar-refractivity contribution is -0.385. The molecule has 0 aliphatic rings. The van der Waals surface area contributed by atoms with Gasteiger partial charge in [-0.05, 0) is 27.6 Å². The van der Waals surface area contributed by atoms with Crippen molar-refractivity contribution in [3.8, 4) is 0 Å². The van der Waals surface area contributed by atoms with Gasteiger partial charge in [0, 0.05) is 12.6 Å². The van der Waals surface area contributed by atoms with Gasteiger partial charge in [-0.25, -0.2) is 0 Å². The maximum Gasteiger partial charge on any atom is 0.283 e. The fourth-order valence-electron chi connectivity index (χ4n) is 1.26. The Morgan fingerprint density at radius 2 is 2.06 bits per heavy atom. The fourth-order valence-corrected chi connectivity index (χ4v) is 1.65. The van der Waals surface area contributed by atoms with Gasteiger partial charge >= 0.3 is 0 Å². The lowest BCUT2D eigenvalue weighted by Gasteiger charge is -2.13. The van der Waals surface area contributed by atoms with Gasteiger partial charge in [-0.3, -0.25) is 10.1 Å². The van der Waals surface area contributed by atoms with Crippen molar-refractivity contribution in [2.75, 3.05) is 13.2 Å². The molecule has 0 radical (unpaired) electrons. The largest absolute Gasteiger partial charge is 0.395 e. The zero-order chi connectivity index (χ0) is 12.8. The SMILES string of the molecule is O=[N+]([O-])c1cc(CNC(CO)CO)ccc1Br. The molecule has 0 atom stereocenters. The number of nitrogens with one attached hydrogen (secondary N) is 1. The zero-order valence-electron chi connectivity index (χ0n) is 8.97. The number of nitrogens with zero attached hydrogens (tertiary/aromatic N) is 1. The number of halogens is 1. The van der Waals surface area contributed by atoms with Crippen LogP contribution in [0.4, 0.5) is 5.69 Å². The number of aliphatic hydroxyl groups is 2. The fraction of sp³-hybridized carbons (Fsp3) is 0.400. The van der Waals surface area contributed by atoms with Crippen LogP contribution in [0.15, 0.2) is 22.7 Å². The Balaban J connectivity index is 2.72. The first-order chi connectivity index (χ1) is 8.08. The number of benzene rings is 1. The van der Waals surface area contributed by atoms with Gasteiger partial charge < -0.3 is 15.5 Å². The van der Waals surface area contributed by atoms with Gasteiger partial charge in [-0.15, -0.1) is 0 Å². The summed E-state index contributed by atoms with van der Waals surface area (Å²) in [6.45, 7) is -0.0237. The molecule has 1 rings (SSSR count). The minimum Gasteiger partial charge on any atom is -0.395 e. The van der Waals surface area contributed by atoms with Gasteiger partial charge in [0.2, 0.25) is 0 Å². The third kappa shape index (κ3) is 4.04. The minimum absolute atomic E-state index is 0.00570. The number of rotatable bonds is 6. The number of nitro groups is 1. The van der Waals surface area contributed by atoms with Crippen molar-refractivity contribution >= 4 is 21.6 Å². The molecule has 0 fully saturated rings. The Bertz CT molecular complexity index is 396. The number of aliphatic hydroxyl groups excluding tert-OH is 2. The summed E-state index contributed by atoms with van der Waals surface area (Å²) >= 11 is 3.10. The highest BCUT2D eigenvalue weighted by Crippen LogP contribution is 2.25. The Morgan fingerprint density at radius 1 is 1.41 bits per heavy atom. The first kappa shape index (κ1) is 14.0. The summed E-state index contributed by atoms with van der Waals surface area (Å²) in [5.41, 5.74) is 0.709. The van der Waals surface area contributed by atoms with Crippen LogP contribution >= 0.6 is 15.9 Å². The van der Waals surface area contributed by atoms with Gasteiger partial charge in [0.25, 0.3) is 5.69 Å². The highest BCUT2D eigenvalue weighted by molar-refractivity contribution is 9.10.